The van der Waals surface area contributed by atoms with E-state index >= 15 is 0 Å². The Bertz CT molecular complexity index is 1410. The van der Waals surface area contributed by atoms with Crippen molar-refractivity contribution in [2.75, 3.05) is 21.3 Å². The number of amides is 8. The Hall–Kier alpha value is -4.69. The molecule has 2 aliphatic heterocycles. The van der Waals surface area contributed by atoms with E-state index in [0.29, 0.717) is 74.2 Å². The fourth-order valence-electron chi connectivity index (χ4n) is 6.63. The van der Waals surface area contributed by atoms with Crippen molar-refractivity contribution < 1.29 is 52.5 Å². The van der Waals surface area contributed by atoms with E-state index < -0.39 is 41.1 Å². The third kappa shape index (κ3) is 9.97. The summed E-state index contributed by atoms with van der Waals surface area (Å²) in [5, 5.41) is 6.74. The lowest BCUT2D eigenvalue weighted by Crippen LogP contribution is -2.63. The van der Waals surface area contributed by atoms with Crippen LogP contribution in [-0.2, 0) is 35.1 Å². The average Bonchev–Trinajstić information content (AvgIpc) is 3.09. The minimum absolute atomic E-state index is 0.106. The van der Waals surface area contributed by atoms with Gasteiger partial charge in [-0.15, -0.1) is 0 Å². The Morgan fingerprint density at radius 3 is 1.90 bits per heavy atom. The van der Waals surface area contributed by atoms with E-state index in [9.17, 15) is 33.6 Å². The molecule has 282 valence electrons. The summed E-state index contributed by atoms with van der Waals surface area (Å²) >= 11 is 0. The maximum atomic E-state index is 12.7. The predicted octanol–water partition coefficient (Wildman–Crippen LogP) is 4.32. The van der Waals surface area contributed by atoms with Crippen molar-refractivity contribution >= 4 is 41.7 Å². The van der Waals surface area contributed by atoms with E-state index in [0.717, 1.165) is 25.7 Å². The number of rotatable bonds is 15. The Morgan fingerprint density at radius 1 is 0.804 bits per heavy atom. The predicted molar refractivity (Wildman–Crippen MR) is 184 cm³/mol. The van der Waals surface area contributed by atoms with E-state index in [1.807, 2.05) is 20.8 Å². The molecule has 0 aromatic heterocycles. The van der Waals surface area contributed by atoms with Crippen molar-refractivity contribution in [2.45, 2.75) is 116 Å². The maximum Gasteiger partial charge on any atom is 0.331 e. The highest BCUT2D eigenvalue weighted by Crippen LogP contribution is 2.41. The fourth-order valence-corrected chi connectivity index (χ4v) is 6.63. The number of hydrogen-bond acceptors (Lipinski definition) is 11. The molecule has 0 spiro atoms. The van der Waals surface area contributed by atoms with Gasteiger partial charge in [-0.1, -0.05) is 46.5 Å². The second-order valence-corrected chi connectivity index (χ2v) is 13.0. The largest absolute Gasteiger partial charge is 0.493 e. The van der Waals surface area contributed by atoms with Crippen molar-refractivity contribution in [3.63, 3.8) is 0 Å². The van der Waals surface area contributed by atoms with Gasteiger partial charge in [0.05, 0.1) is 21.3 Å². The van der Waals surface area contributed by atoms with E-state index in [1.165, 1.54) is 26.2 Å². The van der Waals surface area contributed by atoms with Gasteiger partial charge >= 0.3 is 18.0 Å². The molecule has 15 heteroatoms. The summed E-state index contributed by atoms with van der Waals surface area (Å²) in [5.74, 6) is -1.72. The smallest absolute Gasteiger partial charge is 0.331 e. The molecule has 3 fully saturated rings. The number of urea groups is 2. The van der Waals surface area contributed by atoms with Crippen LogP contribution < -0.4 is 30.2 Å². The quantitative estimate of drug-likeness (QED) is 0.173. The Labute approximate surface area is 298 Å². The molecule has 51 heavy (non-hydrogen) atoms. The van der Waals surface area contributed by atoms with Crippen LogP contribution in [0.3, 0.4) is 0 Å². The van der Waals surface area contributed by atoms with Crippen molar-refractivity contribution in [3.8, 4) is 17.2 Å². The first kappa shape index (κ1) is 40.7. The lowest BCUT2D eigenvalue weighted by atomic mass is 9.74. The first-order chi connectivity index (χ1) is 24.4. The zero-order valence-electron chi connectivity index (χ0n) is 30.5. The van der Waals surface area contributed by atoms with Gasteiger partial charge in [0.15, 0.2) is 11.5 Å². The van der Waals surface area contributed by atoms with Crippen molar-refractivity contribution in [3.05, 3.63) is 17.7 Å². The molecule has 8 amide bonds. The van der Waals surface area contributed by atoms with Gasteiger partial charge in [0.2, 0.25) is 29.4 Å². The third-order valence-corrected chi connectivity index (χ3v) is 9.42. The molecule has 3 aliphatic rings. The van der Waals surface area contributed by atoms with Crippen molar-refractivity contribution in [2.24, 2.45) is 11.3 Å². The van der Waals surface area contributed by atoms with Crippen LogP contribution in [0.1, 0.15) is 103 Å². The molecule has 2 saturated heterocycles. The van der Waals surface area contributed by atoms with Gasteiger partial charge in [-0.2, -0.15) is 0 Å². The molecule has 3 N–H and O–H groups in total. The van der Waals surface area contributed by atoms with E-state index in [2.05, 4.69) is 16.0 Å². The van der Waals surface area contributed by atoms with Crippen LogP contribution in [0.4, 0.5) is 9.59 Å². The van der Waals surface area contributed by atoms with Gasteiger partial charge < -0.3 is 18.9 Å². The van der Waals surface area contributed by atoms with Gasteiger partial charge in [0.1, 0.15) is 17.4 Å². The summed E-state index contributed by atoms with van der Waals surface area (Å²) in [6.45, 7) is 5.89. The number of benzene rings is 1. The van der Waals surface area contributed by atoms with Gasteiger partial charge in [-0.3, -0.25) is 44.8 Å². The molecular formula is C36H52N4O11. The molecule has 1 saturated carbocycles. The summed E-state index contributed by atoms with van der Waals surface area (Å²) in [6.07, 6.45) is 7.50. The van der Waals surface area contributed by atoms with Crippen LogP contribution in [0.2, 0.25) is 0 Å². The molecule has 1 aliphatic carbocycles. The number of hydrogen-bond donors (Lipinski definition) is 3. The highest BCUT2D eigenvalue weighted by atomic mass is 16.5. The van der Waals surface area contributed by atoms with Crippen LogP contribution in [0.25, 0.3) is 0 Å². The number of carbonyl (C=O) groups is 7. The topological polar surface area (TPSA) is 196 Å². The second kappa shape index (κ2) is 19.1. The first-order valence-electron chi connectivity index (χ1n) is 17.7. The van der Waals surface area contributed by atoms with Crippen molar-refractivity contribution in [1.82, 2.24) is 20.9 Å². The highest BCUT2D eigenvalue weighted by Gasteiger charge is 2.50. The number of barbiturate groups is 2. The third-order valence-electron chi connectivity index (χ3n) is 9.42. The second-order valence-electron chi connectivity index (χ2n) is 13.0. The zero-order chi connectivity index (χ0) is 37.7. The van der Waals surface area contributed by atoms with Crippen molar-refractivity contribution in [1.29, 1.82) is 0 Å². The standard InChI is InChI=1S/C18H24N2O6.C18H28N2O5/c1-5-6-7-18(15(21)19-17(23)20-16(18)22)10-11-8-12(24-2)14(26-4)13(9-11)25-3;1-3-5-7-14-16(22)19-18(24)20(17(14)23)12-8-10-13(11-9-12)25-15(21)6-4-2/h8-9H,5-7,10H2,1-4H3,(H2,19,20,21,22,23);12-14H,3-11H2,1-2H3,(H,19,22,24). The number of unbranched alkanes of at least 4 members (excludes halogenated alkanes) is 2. The van der Waals surface area contributed by atoms with Crippen LogP contribution in [0.15, 0.2) is 12.1 Å². The molecule has 15 nitrogen and oxygen atoms in total. The molecule has 1 aromatic rings. The maximum absolute atomic E-state index is 12.7. The molecule has 0 bridgehead atoms. The number of carbonyl (C=O) groups excluding carboxylic acids is 7. The number of esters is 1. The molecule has 1 aromatic carbocycles. The Balaban J connectivity index is 0.000000276. The van der Waals surface area contributed by atoms with Crippen LogP contribution in [-0.4, -0.2) is 80.0 Å². The van der Waals surface area contributed by atoms with Gasteiger partial charge in [-0.05, 0) is 69.1 Å². The normalized spacial score (nSPS) is 21.5. The van der Waals surface area contributed by atoms with Crippen LogP contribution >= 0.6 is 0 Å². The van der Waals surface area contributed by atoms with Gasteiger partial charge in [0, 0.05) is 12.5 Å². The van der Waals surface area contributed by atoms with E-state index in [-0.39, 0.29) is 30.4 Å². The molecule has 2 heterocycles. The first-order valence-corrected chi connectivity index (χ1v) is 17.7. The van der Waals surface area contributed by atoms with E-state index in [4.69, 9.17) is 18.9 Å². The van der Waals surface area contributed by atoms with Gasteiger partial charge in [-0.25, -0.2) is 9.59 Å². The summed E-state index contributed by atoms with van der Waals surface area (Å²) in [5.41, 5.74) is -0.704. The summed E-state index contributed by atoms with van der Waals surface area (Å²) in [6, 6.07) is 1.76. The monoisotopic (exact) mass is 716 g/mol. The SMILES string of the molecule is CCCCC1(Cc2cc(OC)c(OC)c(OC)c2)C(=O)NC(=O)NC1=O.CCCCC1C(=O)NC(=O)N(C2CCC(OC(=O)CCC)CC2)C1=O. The van der Waals surface area contributed by atoms with Crippen LogP contribution in [0, 0.1) is 11.3 Å². The van der Waals surface area contributed by atoms with Crippen LogP contribution in [0.5, 0.6) is 17.2 Å². The molecule has 0 radical (unpaired) electrons. The zero-order valence-corrected chi connectivity index (χ0v) is 30.5. The lowest BCUT2D eigenvalue weighted by molar-refractivity contribution is -0.153. The highest BCUT2D eigenvalue weighted by molar-refractivity contribution is 6.19. The minimum Gasteiger partial charge on any atom is -0.493 e. The average molecular weight is 717 g/mol. The van der Waals surface area contributed by atoms with Gasteiger partial charge in [0.25, 0.3) is 0 Å². The Kier molecular flexibility index (Phi) is 15.2. The number of ether oxygens (including phenoxy) is 4. The molecular weight excluding hydrogens is 664 g/mol. The minimum atomic E-state index is -1.37. The van der Waals surface area contributed by atoms with E-state index in [1.54, 1.807) is 12.1 Å². The fraction of sp³-hybridized carbons (Fsp3) is 0.639. The lowest BCUT2D eigenvalue weighted by Gasteiger charge is -2.39. The number of imide groups is 4. The molecule has 1 atom stereocenters. The Morgan fingerprint density at radius 2 is 1.39 bits per heavy atom. The molecule has 4 rings (SSSR count). The summed E-state index contributed by atoms with van der Waals surface area (Å²) in [7, 11) is 4.48. The number of nitrogens with one attached hydrogen (secondary N) is 3. The molecule has 1 unspecified atom stereocenters. The summed E-state index contributed by atoms with van der Waals surface area (Å²) in [4.78, 5) is 86.2. The summed E-state index contributed by atoms with van der Waals surface area (Å²) < 4.78 is 21.4. The number of methoxy groups -OCH3 is 3. The number of nitrogens with zero attached hydrogens (tertiary/aromatic N) is 1.